The fourth-order valence-electron chi connectivity index (χ4n) is 6.97. The van der Waals surface area contributed by atoms with Gasteiger partial charge in [0, 0.05) is 31.1 Å². The quantitative estimate of drug-likeness (QED) is 0.302. The molecule has 1 saturated carbocycles. The van der Waals surface area contributed by atoms with Crippen LogP contribution in [0, 0.1) is 10.8 Å². The Labute approximate surface area is 225 Å². The topological polar surface area (TPSA) is 92.8 Å². The number of esters is 2. The standard InChI is InChI=1S/C30H40O8/c1-19-10-12-29-17-35-27(32)15-20(2)11-13-34-22(21(3)33-5)8-6-7-9-26(31)38-23-16-25(37-24(29)14-19)30(18-36-30)28(23,29)4/h6-9,14-15,21-25H,10-13,16-18H2,1-5H3/b8-6+,9-7-,20-15+. The summed E-state index contributed by atoms with van der Waals surface area (Å²) >= 11 is 0. The second-order valence-corrected chi connectivity index (χ2v) is 11.6. The molecule has 5 aliphatic rings. The van der Waals surface area contributed by atoms with Gasteiger partial charge in [0.05, 0.1) is 36.9 Å². The van der Waals surface area contributed by atoms with Gasteiger partial charge in [-0.05, 0) is 40.0 Å². The Morgan fingerprint density at radius 1 is 1.05 bits per heavy atom. The number of ether oxygens (including phenoxy) is 6. The van der Waals surface area contributed by atoms with Crippen molar-refractivity contribution in [3.63, 3.8) is 0 Å². The van der Waals surface area contributed by atoms with E-state index in [1.807, 2.05) is 19.9 Å². The minimum atomic E-state index is -0.583. The molecule has 5 rings (SSSR count). The number of hydrogen-bond donors (Lipinski definition) is 0. The fourth-order valence-corrected chi connectivity index (χ4v) is 6.97. The molecular weight excluding hydrogens is 488 g/mol. The summed E-state index contributed by atoms with van der Waals surface area (Å²) in [5, 5.41) is 0. The average Bonchev–Trinajstić information content (AvgIpc) is 3.66. The fraction of sp³-hybridized carbons (Fsp3) is 0.667. The summed E-state index contributed by atoms with van der Waals surface area (Å²) in [7, 11) is 1.63. The molecule has 3 aliphatic heterocycles. The van der Waals surface area contributed by atoms with Crippen LogP contribution in [0.4, 0.5) is 0 Å². The lowest BCUT2D eigenvalue weighted by Gasteiger charge is -2.58. The minimum absolute atomic E-state index is 0.162. The summed E-state index contributed by atoms with van der Waals surface area (Å²) in [5.41, 5.74) is 0.415. The first kappa shape index (κ1) is 27.3. The van der Waals surface area contributed by atoms with E-state index in [1.165, 1.54) is 11.6 Å². The lowest BCUT2D eigenvalue weighted by atomic mass is 9.51. The molecule has 8 heteroatoms. The predicted molar refractivity (Wildman–Crippen MR) is 139 cm³/mol. The first-order chi connectivity index (χ1) is 18.1. The van der Waals surface area contributed by atoms with Crippen molar-refractivity contribution in [3.8, 4) is 0 Å². The first-order valence-corrected chi connectivity index (χ1v) is 13.7. The van der Waals surface area contributed by atoms with Crippen molar-refractivity contribution in [2.24, 2.45) is 10.8 Å². The molecule has 8 unspecified atom stereocenters. The van der Waals surface area contributed by atoms with Gasteiger partial charge in [-0.25, -0.2) is 9.59 Å². The molecule has 0 aromatic heterocycles. The molecule has 2 bridgehead atoms. The van der Waals surface area contributed by atoms with E-state index < -0.39 is 34.5 Å². The van der Waals surface area contributed by atoms with Crippen LogP contribution in [0.5, 0.6) is 0 Å². The van der Waals surface area contributed by atoms with Crippen molar-refractivity contribution in [2.45, 2.75) is 89.5 Å². The van der Waals surface area contributed by atoms with Gasteiger partial charge in [-0.2, -0.15) is 0 Å². The van der Waals surface area contributed by atoms with Crippen LogP contribution in [0.25, 0.3) is 0 Å². The maximum Gasteiger partial charge on any atom is 0.331 e. The van der Waals surface area contributed by atoms with E-state index in [0.29, 0.717) is 26.1 Å². The molecular formula is C30H40O8. The molecule has 3 heterocycles. The monoisotopic (exact) mass is 528 g/mol. The van der Waals surface area contributed by atoms with Crippen molar-refractivity contribution in [1.29, 1.82) is 0 Å². The zero-order chi connectivity index (χ0) is 27.1. The number of rotatable bonds is 2. The van der Waals surface area contributed by atoms with Gasteiger partial charge in [-0.3, -0.25) is 0 Å². The molecule has 2 spiro atoms. The van der Waals surface area contributed by atoms with Crippen LogP contribution in [0.15, 0.2) is 47.6 Å². The highest BCUT2D eigenvalue weighted by Crippen LogP contribution is 2.72. The molecule has 0 aromatic carbocycles. The highest BCUT2D eigenvalue weighted by atomic mass is 16.6. The minimum Gasteiger partial charge on any atom is -0.462 e. The molecule has 2 aliphatic carbocycles. The van der Waals surface area contributed by atoms with Gasteiger partial charge in [-0.1, -0.05) is 42.4 Å². The summed E-state index contributed by atoms with van der Waals surface area (Å²) in [5.74, 6) is -0.817. The number of epoxide rings is 1. The Balaban J connectivity index is 1.50. The molecule has 38 heavy (non-hydrogen) atoms. The number of methoxy groups -OCH3 is 1. The molecule has 8 nitrogen and oxygen atoms in total. The van der Waals surface area contributed by atoms with Crippen LogP contribution in [-0.4, -0.2) is 75.0 Å². The van der Waals surface area contributed by atoms with E-state index in [0.717, 1.165) is 18.4 Å². The normalized spacial score (nSPS) is 45.3. The molecule has 0 N–H and O–H groups in total. The molecule has 0 aromatic rings. The van der Waals surface area contributed by atoms with Crippen molar-refractivity contribution < 1.29 is 38.0 Å². The third-order valence-electron chi connectivity index (χ3n) is 9.60. The number of carbonyl (C=O) groups is 2. The highest BCUT2D eigenvalue weighted by Gasteiger charge is 2.83. The van der Waals surface area contributed by atoms with Gasteiger partial charge in [0.1, 0.15) is 24.4 Å². The van der Waals surface area contributed by atoms with Crippen LogP contribution in [0.2, 0.25) is 0 Å². The summed E-state index contributed by atoms with van der Waals surface area (Å²) in [6, 6.07) is 0. The molecule has 0 radical (unpaired) electrons. The van der Waals surface area contributed by atoms with E-state index in [2.05, 4.69) is 19.9 Å². The van der Waals surface area contributed by atoms with Gasteiger partial charge in [0.25, 0.3) is 0 Å². The number of carbonyl (C=O) groups excluding carboxylic acids is 2. The van der Waals surface area contributed by atoms with Crippen molar-refractivity contribution >= 4 is 11.9 Å². The molecule has 0 amide bonds. The van der Waals surface area contributed by atoms with Crippen LogP contribution < -0.4 is 0 Å². The number of hydrogen-bond acceptors (Lipinski definition) is 8. The largest absolute Gasteiger partial charge is 0.462 e. The van der Waals surface area contributed by atoms with Crippen molar-refractivity contribution in [1.82, 2.24) is 0 Å². The van der Waals surface area contributed by atoms with Gasteiger partial charge in [0.2, 0.25) is 0 Å². The zero-order valence-corrected chi connectivity index (χ0v) is 23.1. The van der Waals surface area contributed by atoms with Crippen LogP contribution in [-0.2, 0) is 38.0 Å². The van der Waals surface area contributed by atoms with Gasteiger partial charge in [-0.15, -0.1) is 0 Å². The second kappa shape index (κ2) is 10.4. The summed E-state index contributed by atoms with van der Waals surface area (Å²) in [4.78, 5) is 26.0. The third-order valence-corrected chi connectivity index (χ3v) is 9.60. The van der Waals surface area contributed by atoms with E-state index in [9.17, 15) is 9.59 Å². The predicted octanol–water partition coefficient (Wildman–Crippen LogP) is 4.00. The number of cyclic esters (lactones) is 1. The second-order valence-electron chi connectivity index (χ2n) is 11.6. The Kier molecular flexibility index (Phi) is 7.46. The Hall–Kier alpha value is -2.26. The molecule has 208 valence electrons. The lowest BCUT2D eigenvalue weighted by molar-refractivity contribution is -0.232. The Morgan fingerprint density at radius 2 is 1.84 bits per heavy atom. The van der Waals surface area contributed by atoms with E-state index in [1.54, 1.807) is 25.3 Å². The smallest absolute Gasteiger partial charge is 0.331 e. The summed E-state index contributed by atoms with van der Waals surface area (Å²) in [6.45, 7) is 9.19. The van der Waals surface area contributed by atoms with Crippen LogP contribution in [0.1, 0.15) is 53.4 Å². The van der Waals surface area contributed by atoms with Crippen molar-refractivity contribution in [2.75, 3.05) is 26.9 Å². The highest BCUT2D eigenvalue weighted by molar-refractivity contribution is 5.83. The first-order valence-electron chi connectivity index (χ1n) is 13.7. The SMILES string of the molecule is COC(C)C1/C=C/C=C\C(=O)OC2CC3OC4C=C(C)CCC4(COC(=O)/C=C(\C)CCO1)C2(C)C31CO1. The molecule has 3 fully saturated rings. The van der Waals surface area contributed by atoms with E-state index in [-0.39, 0.29) is 31.0 Å². The van der Waals surface area contributed by atoms with Crippen molar-refractivity contribution in [3.05, 3.63) is 47.6 Å². The van der Waals surface area contributed by atoms with Crippen LogP contribution >= 0.6 is 0 Å². The van der Waals surface area contributed by atoms with Gasteiger partial charge in [0.15, 0.2) is 0 Å². The number of allylic oxidation sites excluding steroid dienone is 3. The van der Waals surface area contributed by atoms with Crippen LogP contribution in [0.3, 0.4) is 0 Å². The summed E-state index contributed by atoms with van der Waals surface area (Å²) in [6.07, 6.45) is 11.8. The maximum absolute atomic E-state index is 13.0. The average molecular weight is 529 g/mol. The maximum atomic E-state index is 13.0. The van der Waals surface area contributed by atoms with E-state index >= 15 is 0 Å². The summed E-state index contributed by atoms with van der Waals surface area (Å²) < 4.78 is 36.4. The van der Waals surface area contributed by atoms with Gasteiger partial charge >= 0.3 is 11.9 Å². The Morgan fingerprint density at radius 3 is 2.58 bits per heavy atom. The van der Waals surface area contributed by atoms with E-state index in [4.69, 9.17) is 28.4 Å². The lowest BCUT2D eigenvalue weighted by Crippen LogP contribution is -2.66. The zero-order valence-electron chi connectivity index (χ0n) is 23.1. The molecule has 8 atom stereocenters. The molecule has 2 saturated heterocycles. The third kappa shape index (κ3) is 4.49. The Bertz CT molecular complexity index is 1070. The van der Waals surface area contributed by atoms with Gasteiger partial charge < -0.3 is 28.4 Å².